The number of rotatable bonds is 4. The van der Waals surface area contributed by atoms with Crippen molar-refractivity contribution in [1.82, 2.24) is 10.2 Å². The van der Waals surface area contributed by atoms with Crippen LogP contribution < -0.4 is 10.6 Å². The molecule has 0 aromatic heterocycles. The molecule has 2 aromatic rings. The lowest BCUT2D eigenvalue weighted by molar-refractivity contribution is -0.133. The van der Waals surface area contributed by atoms with Gasteiger partial charge in [-0.2, -0.15) is 0 Å². The van der Waals surface area contributed by atoms with Crippen LogP contribution in [0.4, 0.5) is 10.5 Å². The van der Waals surface area contributed by atoms with E-state index < -0.39 is 29.9 Å². The number of hydrogen-bond donors (Lipinski definition) is 2. The van der Waals surface area contributed by atoms with Gasteiger partial charge in [0, 0.05) is 4.47 Å². The standard InChI is InChI=1S/C19H16BrCl2N3O3/c1-10-6-7-13(21)16(15(10)22)23-14(26)9-25-17(27)19(2,24-18(25)28)11-4-3-5-12(20)8-11/h3-8H,9H2,1-2H3,(H,23,26)(H,24,28)/t19-/m1/s1. The number of imide groups is 1. The molecule has 1 aliphatic heterocycles. The predicted molar refractivity (Wildman–Crippen MR) is 112 cm³/mol. The molecule has 146 valence electrons. The largest absolute Gasteiger partial charge is 0.325 e. The summed E-state index contributed by atoms with van der Waals surface area (Å²) in [5.41, 5.74) is 0.321. The minimum absolute atomic E-state index is 0.245. The molecule has 6 nitrogen and oxygen atoms in total. The topological polar surface area (TPSA) is 78.5 Å². The Morgan fingerprint density at radius 3 is 2.64 bits per heavy atom. The second-order valence-electron chi connectivity index (χ2n) is 6.56. The third-order valence-electron chi connectivity index (χ3n) is 4.53. The van der Waals surface area contributed by atoms with Crippen LogP contribution in [0.25, 0.3) is 0 Å². The predicted octanol–water partition coefficient (Wildman–Crippen LogP) is 4.47. The highest BCUT2D eigenvalue weighted by atomic mass is 79.9. The minimum atomic E-state index is -1.26. The summed E-state index contributed by atoms with van der Waals surface area (Å²) in [7, 11) is 0. The van der Waals surface area contributed by atoms with Crippen molar-refractivity contribution in [1.29, 1.82) is 0 Å². The van der Waals surface area contributed by atoms with Crippen LogP contribution in [-0.4, -0.2) is 29.3 Å². The van der Waals surface area contributed by atoms with Gasteiger partial charge in [0.25, 0.3) is 5.91 Å². The molecule has 1 atom stereocenters. The molecule has 0 aliphatic carbocycles. The van der Waals surface area contributed by atoms with Crippen molar-refractivity contribution in [2.45, 2.75) is 19.4 Å². The number of anilines is 1. The molecule has 0 unspecified atom stereocenters. The van der Waals surface area contributed by atoms with E-state index in [1.807, 2.05) is 6.07 Å². The first kappa shape index (κ1) is 20.6. The summed E-state index contributed by atoms with van der Waals surface area (Å²) in [4.78, 5) is 38.6. The Morgan fingerprint density at radius 2 is 1.96 bits per heavy atom. The molecule has 0 spiro atoms. The number of carbonyl (C=O) groups excluding carboxylic acids is 3. The molecule has 1 aliphatic rings. The molecular formula is C19H16BrCl2N3O3. The van der Waals surface area contributed by atoms with Crippen LogP contribution in [0.1, 0.15) is 18.1 Å². The zero-order chi connectivity index (χ0) is 20.6. The van der Waals surface area contributed by atoms with Crippen LogP contribution in [0, 0.1) is 6.92 Å². The molecule has 2 N–H and O–H groups in total. The lowest BCUT2D eigenvalue weighted by Crippen LogP contribution is -2.42. The van der Waals surface area contributed by atoms with Crippen molar-refractivity contribution >= 4 is 62.7 Å². The second-order valence-corrected chi connectivity index (χ2v) is 8.26. The van der Waals surface area contributed by atoms with E-state index in [1.165, 1.54) is 0 Å². The first-order valence-corrected chi connectivity index (χ1v) is 9.83. The average molecular weight is 485 g/mol. The van der Waals surface area contributed by atoms with Crippen LogP contribution in [0.2, 0.25) is 10.0 Å². The van der Waals surface area contributed by atoms with E-state index in [-0.39, 0.29) is 10.7 Å². The smallest absolute Gasteiger partial charge is 0.322 e. The molecular weight excluding hydrogens is 469 g/mol. The van der Waals surface area contributed by atoms with Gasteiger partial charge in [-0.25, -0.2) is 4.79 Å². The number of urea groups is 1. The van der Waals surface area contributed by atoms with Gasteiger partial charge in [-0.15, -0.1) is 0 Å². The van der Waals surface area contributed by atoms with Gasteiger partial charge in [0.15, 0.2) is 0 Å². The zero-order valence-electron chi connectivity index (χ0n) is 15.0. The van der Waals surface area contributed by atoms with Gasteiger partial charge in [-0.3, -0.25) is 14.5 Å². The van der Waals surface area contributed by atoms with Gasteiger partial charge in [0.1, 0.15) is 12.1 Å². The highest BCUT2D eigenvalue weighted by Crippen LogP contribution is 2.33. The quantitative estimate of drug-likeness (QED) is 0.628. The van der Waals surface area contributed by atoms with E-state index in [1.54, 1.807) is 44.2 Å². The highest BCUT2D eigenvalue weighted by Gasteiger charge is 2.49. The van der Waals surface area contributed by atoms with Gasteiger partial charge in [-0.05, 0) is 43.2 Å². The van der Waals surface area contributed by atoms with Gasteiger partial charge >= 0.3 is 6.03 Å². The van der Waals surface area contributed by atoms with Crippen molar-refractivity contribution in [3.63, 3.8) is 0 Å². The van der Waals surface area contributed by atoms with Crippen molar-refractivity contribution in [3.8, 4) is 0 Å². The molecule has 0 bridgehead atoms. The van der Waals surface area contributed by atoms with Crippen LogP contribution in [0.5, 0.6) is 0 Å². The van der Waals surface area contributed by atoms with E-state index >= 15 is 0 Å². The van der Waals surface area contributed by atoms with E-state index in [4.69, 9.17) is 23.2 Å². The molecule has 1 fully saturated rings. The summed E-state index contributed by atoms with van der Waals surface area (Å²) in [5, 5.41) is 5.81. The van der Waals surface area contributed by atoms with Gasteiger partial charge in [0.2, 0.25) is 5.91 Å². The molecule has 4 amide bonds. The van der Waals surface area contributed by atoms with Crippen LogP contribution >= 0.6 is 39.1 Å². The number of amides is 4. The maximum atomic E-state index is 12.9. The summed E-state index contributed by atoms with van der Waals surface area (Å²) in [6.07, 6.45) is 0. The van der Waals surface area contributed by atoms with Gasteiger partial charge in [0.05, 0.1) is 15.7 Å². The van der Waals surface area contributed by atoms with Crippen LogP contribution in [0.3, 0.4) is 0 Å². The molecule has 0 saturated carbocycles. The van der Waals surface area contributed by atoms with Crippen molar-refractivity contribution in [2.75, 3.05) is 11.9 Å². The van der Waals surface area contributed by atoms with Crippen LogP contribution in [0.15, 0.2) is 40.9 Å². The lowest BCUT2D eigenvalue weighted by Gasteiger charge is -2.22. The Hall–Kier alpha value is -2.09. The molecule has 1 saturated heterocycles. The van der Waals surface area contributed by atoms with Crippen molar-refractivity contribution in [2.24, 2.45) is 0 Å². The number of nitrogens with zero attached hydrogens (tertiary/aromatic N) is 1. The average Bonchev–Trinajstić information content (AvgIpc) is 2.86. The maximum Gasteiger partial charge on any atom is 0.325 e. The summed E-state index contributed by atoms with van der Waals surface area (Å²) in [5.74, 6) is -1.11. The van der Waals surface area contributed by atoms with E-state index in [9.17, 15) is 14.4 Å². The third kappa shape index (κ3) is 3.74. The number of nitrogens with one attached hydrogen (secondary N) is 2. The molecule has 3 rings (SSSR count). The number of carbonyl (C=O) groups is 3. The minimum Gasteiger partial charge on any atom is -0.322 e. The van der Waals surface area contributed by atoms with Gasteiger partial charge < -0.3 is 10.6 Å². The summed E-state index contributed by atoms with van der Waals surface area (Å²) in [6.45, 7) is 2.91. The Labute approximate surface area is 180 Å². The number of benzene rings is 2. The second kappa shape index (κ2) is 7.73. The van der Waals surface area contributed by atoms with Gasteiger partial charge in [-0.1, -0.05) is 57.3 Å². The lowest BCUT2D eigenvalue weighted by atomic mass is 9.92. The van der Waals surface area contributed by atoms with E-state index in [0.29, 0.717) is 10.6 Å². The Balaban J connectivity index is 1.80. The molecule has 0 radical (unpaired) electrons. The third-order valence-corrected chi connectivity index (χ3v) is 5.82. The van der Waals surface area contributed by atoms with E-state index in [0.717, 1.165) is 14.9 Å². The molecule has 9 heteroatoms. The number of halogens is 3. The Kier molecular flexibility index (Phi) is 5.70. The first-order chi connectivity index (χ1) is 13.1. The fourth-order valence-corrected chi connectivity index (χ4v) is 3.79. The first-order valence-electron chi connectivity index (χ1n) is 8.28. The van der Waals surface area contributed by atoms with E-state index in [2.05, 4.69) is 26.6 Å². The fourth-order valence-electron chi connectivity index (χ4n) is 2.93. The van der Waals surface area contributed by atoms with Crippen molar-refractivity contribution in [3.05, 3.63) is 62.0 Å². The molecule has 2 aromatic carbocycles. The summed E-state index contributed by atoms with van der Waals surface area (Å²) in [6, 6.07) is 9.74. The number of aryl methyl sites for hydroxylation is 1. The highest BCUT2D eigenvalue weighted by molar-refractivity contribution is 9.10. The normalized spacial score (nSPS) is 19.0. The SMILES string of the molecule is Cc1ccc(Cl)c(NC(=O)CN2C(=O)N[C@](C)(c3cccc(Br)c3)C2=O)c1Cl. The monoisotopic (exact) mass is 483 g/mol. The van der Waals surface area contributed by atoms with Crippen LogP contribution in [-0.2, 0) is 15.1 Å². The maximum absolute atomic E-state index is 12.9. The Morgan fingerprint density at radius 1 is 1.25 bits per heavy atom. The summed E-state index contributed by atoms with van der Waals surface area (Å²) >= 11 is 15.6. The molecule has 28 heavy (non-hydrogen) atoms. The summed E-state index contributed by atoms with van der Waals surface area (Å²) < 4.78 is 0.771. The molecule has 1 heterocycles. The zero-order valence-corrected chi connectivity index (χ0v) is 18.1. The number of hydrogen-bond acceptors (Lipinski definition) is 3. The van der Waals surface area contributed by atoms with Crippen molar-refractivity contribution < 1.29 is 14.4 Å². The Bertz CT molecular complexity index is 998. The fraction of sp³-hybridized carbons (Fsp3) is 0.211.